The van der Waals surface area contributed by atoms with Gasteiger partial charge in [0.15, 0.2) is 0 Å². The van der Waals surface area contributed by atoms with Crippen molar-refractivity contribution in [1.29, 1.82) is 0 Å². The summed E-state index contributed by atoms with van der Waals surface area (Å²) >= 11 is 0. The number of likely N-dealkylation sites (tertiary alicyclic amines) is 1. The molecule has 2 aliphatic heterocycles. The van der Waals surface area contributed by atoms with Gasteiger partial charge in [-0.2, -0.15) is 0 Å². The van der Waals surface area contributed by atoms with Crippen LogP contribution < -0.4 is 10.6 Å². The molecule has 0 spiro atoms. The third-order valence-corrected chi connectivity index (χ3v) is 5.27. The van der Waals surface area contributed by atoms with E-state index in [2.05, 4.69) is 20.5 Å². The van der Waals surface area contributed by atoms with Crippen molar-refractivity contribution in [2.24, 2.45) is 0 Å². The summed E-state index contributed by atoms with van der Waals surface area (Å²) in [4.78, 5) is 19.1. The first-order chi connectivity index (χ1) is 12.8. The molecule has 1 aromatic heterocycles. The number of hydrogen-bond acceptors (Lipinski definition) is 4. The minimum Gasteiger partial charge on any atom is -0.377 e. The van der Waals surface area contributed by atoms with Crippen LogP contribution in [0.1, 0.15) is 25.7 Å². The lowest BCUT2D eigenvalue weighted by atomic mass is 10.0. The van der Waals surface area contributed by atoms with E-state index >= 15 is 0 Å². The summed E-state index contributed by atoms with van der Waals surface area (Å²) in [6.07, 6.45) is 6.53. The van der Waals surface area contributed by atoms with Crippen molar-refractivity contribution in [3.05, 3.63) is 36.5 Å². The van der Waals surface area contributed by atoms with Gasteiger partial charge < -0.3 is 20.3 Å². The largest absolute Gasteiger partial charge is 0.377 e. The Labute approximate surface area is 153 Å². The molecule has 6 nitrogen and oxygen atoms in total. The topological polar surface area (TPSA) is 66.5 Å². The van der Waals surface area contributed by atoms with Crippen LogP contribution >= 0.6 is 0 Å². The number of hydrogen-bond donors (Lipinski definition) is 2. The summed E-state index contributed by atoms with van der Waals surface area (Å²) < 4.78 is 5.72. The smallest absolute Gasteiger partial charge is 0.319 e. The van der Waals surface area contributed by atoms with Crippen molar-refractivity contribution in [2.45, 2.75) is 37.8 Å². The fourth-order valence-corrected chi connectivity index (χ4v) is 3.84. The zero-order valence-corrected chi connectivity index (χ0v) is 15.0. The molecule has 26 heavy (non-hydrogen) atoms. The maximum Gasteiger partial charge on any atom is 0.319 e. The summed E-state index contributed by atoms with van der Waals surface area (Å²) in [5.41, 5.74) is 1.72. The Balaban J connectivity index is 1.24. The molecule has 4 rings (SSSR count). The summed E-state index contributed by atoms with van der Waals surface area (Å²) in [5.74, 6) is 0. The number of benzene rings is 1. The van der Waals surface area contributed by atoms with E-state index in [4.69, 9.17) is 4.74 Å². The number of aromatic nitrogens is 1. The van der Waals surface area contributed by atoms with Gasteiger partial charge in [-0.1, -0.05) is 6.07 Å². The highest BCUT2D eigenvalue weighted by Gasteiger charge is 2.24. The molecule has 1 aromatic carbocycles. The first-order valence-corrected chi connectivity index (χ1v) is 9.52. The lowest BCUT2D eigenvalue weighted by Crippen LogP contribution is -2.47. The number of carbonyl (C=O) groups is 1. The van der Waals surface area contributed by atoms with E-state index in [-0.39, 0.29) is 12.1 Å². The SMILES string of the molecule is O=C(Nc1ccc2ncccc2c1)NC1CCN(C[C@@H]2CCCO2)CC1. The van der Waals surface area contributed by atoms with Crippen LogP contribution in [0.5, 0.6) is 0 Å². The van der Waals surface area contributed by atoms with Gasteiger partial charge >= 0.3 is 6.03 Å². The average molecular weight is 354 g/mol. The van der Waals surface area contributed by atoms with E-state index in [9.17, 15) is 4.79 Å². The molecule has 1 atom stereocenters. The molecule has 2 saturated heterocycles. The Kier molecular flexibility index (Phi) is 5.32. The number of fused-ring (bicyclic) bond motifs is 1. The molecule has 2 amide bonds. The molecule has 2 aliphatic rings. The van der Waals surface area contributed by atoms with Crippen molar-refractivity contribution in [2.75, 3.05) is 31.6 Å². The Bertz CT molecular complexity index is 752. The van der Waals surface area contributed by atoms with E-state index in [1.165, 1.54) is 12.8 Å². The van der Waals surface area contributed by atoms with Crippen LogP contribution in [-0.4, -0.2) is 54.3 Å². The molecule has 0 bridgehead atoms. The normalized spacial score (nSPS) is 21.8. The highest BCUT2D eigenvalue weighted by atomic mass is 16.5. The third-order valence-electron chi connectivity index (χ3n) is 5.27. The van der Waals surface area contributed by atoms with Crippen molar-refractivity contribution >= 4 is 22.6 Å². The van der Waals surface area contributed by atoms with Gasteiger partial charge in [0.25, 0.3) is 0 Å². The molecule has 0 unspecified atom stereocenters. The van der Waals surface area contributed by atoms with Crippen molar-refractivity contribution < 1.29 is 9.53 Å². The number of urea groups is 1. The summed E-state index contributed by atoms with van der Waals surface area (Å²) in [5, 5.41) is 7.07. The van der Waals surface area contributed by atoms with Gasteiger partial charge in [0.1, 0.15) is 0 Å². The van der Waals surface area contributed by atoms with Gasteiger partial charge in [0.05, 0.1) is 11.6 Å². The number of nitrogens with one attached hydrogen (secondary N) is 2. The van der Waals surface area contributed by atoms with Gasteiger partial charge in [0.2, 0.25) is 0 Å². The molecule has 2 aromatic rings. The van der Waals surface area contributed by atoms with Crippen LogP contribution in [0.15, 0.2) is 36.5 Å². The van der Waals surface area contributed by atoms with E-state index in [1.807, 2.05) is 30.3 Å². The molecule has 0 aliphatic carbocycles. The number of pyridine rings is 1. The quantitative estimate of drug-likeness (QED) is 0.886. The van der Waals surface area contributed by atoms with Gasteiger partial charge in [-0.3, -0.25) is 4.98 Å². The number of ether oxygens (including phenoxy) is 1. The first kappa shape index (κ1) is 17.2. The molecule has 2 N–H and O–H groups in total. The van der Waals surface area contributed by atoms with Crippen molar-refractivity contribution in [1.82, 2.24) is 15.2 Å². The average Bonchev–Trinajstić information content (AvgIpc) is 3.16. The standard InChI is InChI=1S/C20H26N4O2/c25-20(23-17-5-6-19-15(13-17)3-1-9-21-19)22-16-7-10-24(11-8-16)14-18-4-2-12-26-18/h1,3,5-6,9,13,16,18H,2,4,7-8,10-12,14H2,(H2,22,23,25)/t18-/m0/s1. The maximum absolute atomic E-state index is 12.3. The second-order valence-corrected chi connectivity index (χ2v) is 7.22. The molecule has 0 saturated carbocycles. The summed E-state index contributed by atoms with van der Waals surface area (Å²) in [6, 6.07) is 9.76. The molecule has 2 fully saturated rings. The second-order valence-electron chi connectivity index (χ2n) is 7.22. The van der Waals surface area contributed by atoms with Crippen LogP contribution in [0.2, 0.25) is 0 Å². The third kappa shape index (κ3) is 4.31. The Morgan fingerprint density at radius 1 is 1.23 bits per heavy atom. The summed E-state index contributed by atoms with van der Waals surface area (Å²) in [7, 11) is 0. The van der Waals surface area contributed by atoms with Crippen LogP contribution in [0.25, 0.3) is 10.9 Å². The molecular formula is C20H26N4O2. The summed E-state index contributed by atoms with van der Waals surface area (Å²) in [6.45, 7) is 3.98. The zero-order valence-electron chi connectivity index (χ0n) is 15.0. The maximum atomic E-state index is 12.3. The lowest BCUT2D eigenvalue weighted by molar-refractivity contribution is 0.0633. The van der Waals surface area contributed by atoms with Crippen molar-refractivity contribution in [3.8, 4) is 0 Å². The van der Waals surface area contributed by atoms with E-state index in [0.717, 1.165) is 55.7 Å². The number of piperidine rings is 1. The number of rotatable bonds is 4. The van der Waals surface area contributed by atoms with Crippen molar-refractivity contribution in [3.63, 3.8) is 0 Å². The van der Waals surface area contributed by atoms with Crippen LogP contribution in [-0.2, 0) is 4.74 Å². The number of nitrogens with zero attached hydrogens (tertiary/aromatic N) is 2. The van der Waals surface area contributed by atoms with Gasteiger partial charge in [0, 0.05) is 49.6 Å². The molecule has 3 heterocycles. The number of amides is 2. The van der Waals surface area contributed by atoms with Gasteiger partial charge in [-0.15, -0.1) is 0 Å². The van der Waals surface area contributed by atoms with E-state index in [1.54, 1.807) is 6.20 Å². The molecule has 138 valence electrons. The first-order valence-electron chi connectivity index (χ1n) is 9.52. The van der Waals surface area contributed by atoms with E-state index < -0.39 is 0 Å². The molecule has 6 heteroatoms. The van der Waals surface area contributed by atoms with Gasteiger partial charge in [-0.25, -0.2) is 4.79 Å². The lowest BCUT2D eigenvalue weighted by Gasteiger charge is -2.33. The second kappa shape index (κ2) is 8.01. The minimum atomic E-state index is -0.134. The fourth-order valence-electron chi connectivity index (χ4n) is 3.84. The highest BCUT2D eigenvalue weighted by molar-refractivity contribution is 5.92. The Morgan fingerprint density at radius 2 is 2.12 bits per heavy atom. The Hall–Kier alpha value is -2.18. The highest BCUT2D eigenvalue weighted by Crippen LogP contribution is 2.18. The minimum absolute atomic E-state index is 0.134. The zero-order chi connectivity index (χ0) is 17.8. The van der Waals surface area contributed by atoms with Crippen LogP contribution in [0.4, 0.5) is 10.5 Å². The van der Waals surface area contributed by atoms with Crippen LogP contribution in [0, 0.1) is 0 Å². The number of anilines is 1. The van der Waals surface area contributed by atoms with E-state index in [0.29, 0.717) is 6.10 Å². The molecule has 0 radical (unpaired) electrons. The molecular weight excluding hydrogens is 328 g/mol. The fraction of sp³-hybridized carbons (Fsp3) is 0.500. The monoisotopic (exact) mass is 354 g/mol. The number of carbonyl (C=O) groups excluding carboxylic acids is 1. The Morgan fingerprint density at radius 3 is 2.92 bits per heavy atom. The predicted molar refractivity (Wildman–Crippen MR) is 102 cm³/mol. The van der Waals surface area contributed by atoms with Gasteiger partial charge in [-0.05, 0) is 49.9 Å². The van der Waals surface area contributed by atoms with Crippen LogP contribution in [0.3, 0.4) is 0 Å². The predicted octanol–water partition coefficient (Wildman–Crippen LogP) is 3.00.